The van der Waals surface area contributed by atoms with Gasteiger partial charge in [-0.05, 0) is 19.3 Å². The summed E-state index contributed by atoms with van der Waals surface area (Å²) in [6, 6.07) is 0. The Bertz CT molecular complexity index is 147. The van der Waals surface area contributed by atoms with Crippen molar-refractivity contribution in [3.63, 3.8) is 0 Å². The Labute approximate surface area is 75.2 Å². The summed E-state index contributed by atoms with van der Waals surface area (Å²) in [7, 11) is 0. The number of hydrogen-bond acceptors (Lipinski definition) is 2. The molecule has 3 unspecified atom stereocenters. The molecule has 0 aliphatic heterocycles. The molecular formula is C10H21NO. The first-order valence-corrected chi connectivity index (χ1v) is 5.01. The smallest absolute Gasteiger partial charge is 0.0582 e. The highest BCUT2D eigenvalue weighted by Crippen LogP contribution is 2.42. The molecule has 12 heavy (non-hydrogen) atoms. The number of aliphatic hydroxyl groups is 1. The van der Waals surface area contributed by atoms with E-state index >= 15 is 0 Å². The molecule has 72 valence electrons. The summed E-state index contributed by atoms with van der Waals surface area (Å²) in [6.07, 6.45) is 4.60. The Morgan fingerprint density at radius 2 is 2.25 bits per heavy atom. The third-order valence-corrected chi connectivity index (χ3v) is 3.72. The summed E-state index contributed by atoms with van der Waals surface area (Å²) in [5, 5.41) is 9.72. The molecule has 1 saturated carbocycles. The zero-order valence-corrected chi connectivity index (χ0v) is 8.21. The van der Waals surface area contributed by atoms with Gasteiger partial charge in [-0.2, -0.15) is 0 Å². The van der Waals surface area contributed by atoms with Crippen LogP contribution < -0.4 is 5.73 Å². The standard InChI is InChI=1S/C10H21NO/c1-8-5-3-4-6-10(8,7-11)9(2)12/h8-9,12H,3-7,11H2,1-2H3. The normalized spacial score (nSPS) is 39.5. The lowest BCUT2D eigenvalue weighted by Crippen LogP contribution is -2.47. The fourth-order valence-electron chi connectivity index (χ4n) is 2.53. The quantitative estimate of drug-likeness (QED) is 0.661. The van der Waals surface area contributed by atoms with E-state index in [9.17, 15) is 5.11 Å². The number of hydrogen-bond donors (Lipinski definition) is 2. The van der Waals surface area contributed by atoms with Crippen molar-refractivity contribution in [1.29, 1.82) is 0 Å². The lowest BCUT2D eigenvalue weighted by molar-refractivity contribution is -0.0232. The van der Waals surface area contributed by atoms with E-state index in [0.717, 1.165) is 6.42 Å². The van der Waals surface area contributed by atoms with Gasteiger partial charge in [-0.15, -0.1) is 0 Å². The van der Waals surface area contributed by atoms with E-state index in [1.807, 2.05) is 6.92 Å². The minimum Gasteiger partial charge on any atom is -0.393 e. The van der Waals surface area contributed by atoms with Gasteiger partial charge >= 0.3 is 0 Å². The van der Waals surface area contributed by atoms with E-state index < -0.39 is 0 Å². The van der Waals surface area contributed by atoms with Gasteiger partial charge in [-0.1, -0.05) is 26.2 Å². The molecule has 1 aliphatic carbocycles. The highest BCUT2D eigenvalue weighted by Gasteiger charge is 2.40. The van der Waals surface area contributed by atoms with Crippen molar-refractivity contribution >= 4 is 0 Å². The van der Waals surface area contributed by atoms with Gasteiger partial charge in [-0.25, -0.2) is 0 Å². The van der Waals surface area contributed by atoms with Crippen molar-refractivity contribution in [3.8, 4) is 0 Å². The van der Waals surface area contributed by atoms with Crippen LogP contribution in [0.4, 0.5) is 0 Å². The van der Waals surface area contributed by atoms with Crippen LogP contribution in [-0.4, -0.2) is 17.8 Å². The third kappa shape index (κ3) is 1.50. The molecule has 1 aliphatic rings. The van der Waals surface area contributed by atoms with Crippen molar-refractivity contribution in [3.05, 3.63) is 0 Å². The Morgan fingerprint density at radius 1 is 1.58 bits per heavy atom. The number of rotatable bonds is 2. The molecule has 1 rings (SSSR count). The molecule has 0 amide bonds. The van der Waals surface area contributed by atoms with Gasteiger partial charge in [0.1, 0.15) is 0 Å². The van der Waals surface area contributed by atoms with E-state index in [-0.39, 0.29) is 11.5 Å². The molecule has 0 spiro atoms. The molecule has 0 aromatic heterocycles. The SMILES string of the molecule is CC(O)C1(CN)CCCCC1C. The summed E-state index contributed by atoms with van der Waals surface area (Å²) < 4.78 is 0. The zero-order chi connectivity index (χ0) is 9.19. The Kier molecular flexibility index (Phi) is 3.13. The van der Waals surface area contributed by atoms with Crippen LogP contribution in [0.5, 0.6) is 0 Å². The fraction of sp³-hybridized carbons (Fsp3) is 1.00. The third-order valence-electron chi connectivity index (χ3n) is 3.72. The zero-order valence-electron chi connectivity index (χ0n) is 8.21. The van der Waals surface area contributed by atoms with Crippen LogP contribution in [-0.2, 0) is 0 Å². The Hall–Kier alpha value is -0.0800. The van der Waals surface area contributed by atoms with E-state index in [0.29, 0.717) is 12.5 Å². The van der Waals surface area contributed by atoms with E-state index in [4.69, 9.17) is 5.73 Å². The van der Waals surface area contributed by atoms with E-state index in [1.165, 1.54) is 19.3 Å². The van der Waals surface area contributed by atoms with Gasteiger partial charge < -0.3 is 10.8 Å². The molecule has 3 N–H and O–H groups in total. The van der Waals surface area contributed by atoms with E-state index in [1.54, 1.807) is 0 Å². The largest absolute Gasteiger partial charge is 0.393 e. The maximum Gasteiger partial charge on any atom is 0.0582 e. The summed E-state index contributed by atoms with van der Waals surface area (Å²) in [5.41, 5.74) is 5.78. The predicted molar refractivity (Wildman–Crippen MR) is 50.8 cm³/mol. The van der Waals surface area contributed by atoms with Gasteiger partial charge in [0.15, 0.2) is 0 Å². The second kappa shape index (κ2) is 3.75. The lowest BCUT2D eigenvalue weighted by atomic mass is 9.64. The van der Waals surface area contributed by atoms with Crippen LogP contribution >= 0.6 is 0 Å². The molecule has 1 fully saturated rings. The van der Waals surface area contributed by atoms with Gasteiger partial charge in [0.2, 0.25) is 0 Å². The molecule has 0 saturated heterocycles. The van der Waals surface area contributed by atoms with Gasteiger partial charge in [0.05, 0.1) is 6.10 Å². The maximum absolute atomic E-state index is 9.72. The minimum atomic E-state index is -0.252. The second-order valence-corrected chi connectivity index (χ2v) is 4.26. The molecule has 3 atom stereocenters. The molecule has 2 heteroatoms. The molecular weight excluding hydrogens is 150 g/mol. The van der Waals surface area contributed by atoms with Crippen LogP contribution in [0, 0.1) is 11.3 Å². The Morgan fingerprint density at radius 3 is 2.58 bits per heavy atom. The van der Waals surface area contributed by atoms with Gasteiger partial charge in [0.25, 0.3) is 0 Å². The van der Waals surface area contributed by atoms with Crippen LogP contribution in [0.2, 0.25) is 0 Å². The summed E-state index contributed by atoms with van der Waals surface area (Å²) in [4.78, 5) is 0. The average molecular weight is 171 g/mol. The monoisotopic (exact) mass is 171 g/mol. The molecule has 0 bridgehead atoms. The molecule has 2 nitrogen and oxygen atoms in total. The lowest BCUT2D eigenvalue weighted by Gasteiger charge is -2.44. The van der Waals surface area contributed by atoms with Gasteiger partial charge in [-0.3, -0.25) is 0 Å². The van der Waals surface area contributed by atoms with Crippen LogP contribution in [0.15, 0.2) is 0 Å². The molecule has 0 aromatic rings. The molecule has 0 aromatic carbocycles. The molecule has 0 radical (unpaired) electrons. The summed E-state index contributed by atoms with van der Waals surface area (Å²) in [5.74, 6) is 0.580. The topological polar surface area (TPSA) is 46.2 Å². The van der Waals surface area contributed by atoms with Crippen LogP contribution in [0.3, 0.4) is 0 Å². The first-order chi connectivity index (χ1) is 5.63. The Balaban J connectivity index is 2.73. The number of aliphatic hydroxyl groups excluding tert-OH is 1. The summed E-state index contributed by atoms with van der Waals surface area (Å²) in [6.45, 7) is 4.74. The van der Waals surface area contributed by atoms with Crippen LogP contribution in [0.1, 0.15) is 39.5 Å². The highest BCUT2D eigenvalue weighted by atomic mass is 16.3. The highest BCUT2D eigenvalue weighted by molar-refractivity contribution is 4.92. The molecule has 0 heterocycles. The summed E-state index contributed by atoms with van der Waals surface area (Å²) >= 11 is 0. The van der Waals surface area contributed by atoms with Crippen molar-refractivity contribution in [1.82, 2.24) is 0 Å². The fourth-order valence-corrected chi connectivity index (χ4v) is 2.53. The van der Waals surface area contributed by atoms with Gasteiger partial charge in [0, 0.05) is 12.0 Å². The first-order valence-electron chi connectivity index (χ1n) is 5.01. The van der Waals surface area contributed by atoms with Crippen LogP contribution in [0.25, 0.3) is 0 Å². The average Bonchev–Trinajstić information content (AvgIpc) is 2.05. The number of nitrogens with two attached hydrogens (primary N) is 1. The minimum absolute atomic E-state index is 0.0122. The van der Waals surface area contributed by atoms with Crippen molar-refractivity contribution < 1.29 is 5.11 Å². The predicted octanol–water partition coefficient (Wildman–Crippen LogP) is 1.52. The van der Waals surface area contributed by atoms with Crippen molar-refractivity contribution in [2.24, 2.45) is 17.1 Å². The van der Waals surface area contributed by atoms with Crippen molar-refractivity contribution in [2.75, 3.05) is 6.54 Å². The van der Waals surface area contributed by atoms with E-state index in [2.05, 4.69) is 6.92 Å². The first kappa shape index (κ1) is 10.0. The van der Waals surface area contributed by atoms with Crippen molar-refractivity contribution in [2.45, 2.75) is 45.6 Å². The second-order valence-electron chi connectivity index (χ2n) is 4.26. The maximum atomic E-state index is 9.72.